The second-order valence-corrected chi connectivity index (χ2v) is 8.03. The van der Waals surface area contributed by atoms with Gasteiger partial charge in [0.15, 0.2) is 5.11 Å². The molecule has 130 valence electrons. The average Bonchev–Trinajstić information content (AvgIpc) is 2.58. The molecule has 24 heavy (non-hydrogen) atoms. The standard InChI is InChI=1S/C19H26N2O2S/c1-22-15-3-4-16(17(10-15)23-2)20-19(24)21-18-13-6-11-5-12(8-13)9-14(18)7-11/h3-4,10-14,18H,5-9H2,1-2H3,(H2,20,21,24). The van der Waals surface area contributed by atoms with Crippen molar-refractivity contribution in [3.8, 4) is 11.5 Å². The van der Waals surface area contributed by atoms with Gasteiger partial charge in [-0.25, -0.2) is 0 Å². The number of hydrogen-bond acceptors (Lipinski definition) is 3. The Morgan fingerprint density at radius 3 is 2.25 bits per heavy atom. The van der Waals surface area contributed by atoms with Crippen LogP contribution >= 0.6 is 12.2 Å². The predicted octanol–water partition coefficient (Wildman–Crippen LogP) is 3.81. The summed E-state index contributed by atoms with van der Waals surface area (Å²) in [5.74, 6) is 5.08. The summed E-state index contributed by atoms with van der Waals surface area (Å²) in [5, 5.41) is 7.64. The third-order valence-corrected chi connectivity index (χ3v) is 6.40. The monoisotopic (exact) mass is 346 g/mol. The molecule has 4 bridgehead atoms. The Hall–Kier alpha value is -1.49. The maximum atomic E-state index is 5.60. The van der Waals surface area contributed by atoms with Crippen molar-refractivity contribution in [2.45, 2.75) is 38.1 Å². The summed E-state index contributed by atoms with van der Waals surface area (Å²) < 4.78 is 10.7. The Kier molecular flexibility index (Phi) is 4.29. The molecule has 2 N–H and O–H groups in total. The molecule has 0 aromatic heterocycles. The minimum absolute atomic E-state index is 0.544. The SMILES string of the molecule is COc1ccc(NC(=S)NC2C3CC4CC(C3)CC2C4)c(OC)c1. The number of thiocarbonyl (C=S) groups is 1. The van der Waals surface area contributed by atoms with Crippen LogP contribution < -0.4 is 20.1 Å². The third-order valence-electron chi connectivity index (χ3n) is 6.18. The highest BCUT2D eigenvalue weighted by Gasteiger charge is 2.48. The molecule has 0 aliphatic heterocycles. The van der Waals surface area contributed by atoms with Gasteiger partial charge in [0, 0.05) is 12.1 Å². The number of rotatable bonds is 4. The second-order valence-electron chi connectivity index (χ2n) is 7.62. The Morgan fingerprint density at radius 1 is 1.00 bits per heavy atom. The average molecular weight is 346 g/mol. The minimum atomic E-state index is 0.544. The zero-order chi connectivity index (χ0) is 16.7. The molecular weight excluding hydrogens is 320 g/mol. The van der Waals surface area contributed by atoms with E-state index in [1.807, 2.05) is 18.2 Å². The van der Waals surface area contributed by atoms with Crippen LogP contribution in [0.1, 0.15) is 32.1 Å². The number of ether oxygens (including phenoxy) is 2. The number of methoxy groups -OCH3 is 2. The van der Waals surface area contributed by atoms with E-state index in [4.69, 9.17) is 21.7 Å². The Labute approximate surface area is 149 Å². The minimum Gasteiger partial charge on any atom is -0.497 e. The molecular formula is C19H26N2O2S. The molecule has 0 heterocycles. The smallest absolute Gasteiger partial charge is 0.171 e. The molecule has 4 aliphatic rings. The fourth-order valence-corrected chi connectivity index (χ4v) is 5.62. The van der Waals surface area contributed by atoms with Crippen LogP contribution in [-0.2, 0) is 0 Å². The first kappa shape index (κ1) is 16.0. The highest BCUT2D eigenvalue weighted by Crippen LogP contribution is 2.53. The van der Waals surface area contributed by atoms with Crippen LogP contribution in [0.25, 0.3) is 0 Å². The van der Waals surface area contributed by atoms with Crippen molar-refractivity contribution in [1.29, 1.82) is 0 Å². The van der Waals surface area contributed by atoms with Gasteiger partial charge in [-0.1, -0.05) is 0 Å². The van der Waals surface area contributed by atoms with Gasteiger partial charge in [-0.2, -0.15) is 0 Å². The molecule has 5 heteroatoms. The summed E-state index contributed by atoms with van der Waals surface area (Å²) in [5.41, 5.74) is 0.875. The van der Waals surface area contributed by atoms with Crippen molar-refractivity contribution in [3.63, 3.8) is 0 Å². The van der Waals surface area contributed by atoms with E-state index in [0.717, 1.165) is 40.9 Å². The van der Waals surface area contributed by atoms with Crippen LogP contribution in [0.3, 0.4) is 0 Å². The van der Waals surface area contributed by atoms with Crippen molar-refractivity contribution in [3.05, 3.63) is 18.2 Å². The van der Waals surface area contributed by atoms with Gasteiger partial charge in [0.1, 0.15) is 11.5 Å². The first-order chi connectivity index (χ1) is 11.7. The van der Waals surface area contributed by atoms with Crippen molar-refractivity contribution in [2.75, 3.05) is 19.5 Å². The summed E-state index contributed by atoms with van der Waals surface area (Å²) in [6.45, 7) is 0. The Morgan fingerprint density at radius 2 is 1.67 bits per heavy atom. The summed E-state index contributed by atoms with van der Waals surface area (Å²) in [6.07, 6.45) is 7.03. The Balaban J connectivity index is 1.42. The number of benzene rings is 1. The molecule has 4 nitrogen and oxygen atoms in total. The summed E-state index contributed by atoms with van der Waals surface area (Å²) in [6, 6.07) is 6.27. The van der Waals surface area contributed by atoms with Gasteiger partial charge in [-0.15, -0.1) is 0 Å². The fourth-order valence-electron chi connectivity index (χ4n) is 5.37. The van der Waals surface area contributed by atoms with Crippen molar-refractivity contribution in [2.24, 2.45) is 23.7 Å². The molecule has 0 spiro atoms. The lowest BCUT2D eigenvalue weighted by atomic mass is 9.54. The van der Waals surface area contributed by atoms with E-state index in [2.05, 4.69) is 10.6 Å². The van der Waals surface area contributed by atoms with Crippen LogP contribution in [0.2, 0.25) is 0 Å². The molecule has 5 rings (SSSR count). The van der Waals surface area contributed by atoms with E-state index >= 15 is 0 Å². The van der Waals surface area contributed by atoms with Crippen LogP contribution in [0.15, 0.2) is 18.2 Å². The molecule has 4 saturated carbocycles. The fraction of sp³-hybridized carbons (Fsp3) is 0.632. The van der Waals surface area contributed by atoms with E-state index in [9.17, 15) is 0 Å². The number of anilines is 1. The van der Waals surface area contributed by atoms with E-state index in [1.54, 1.807) is 14.2 Å². The summed E-state index contributed by atoms with van der Waals surface area (Å²) in [7, 11) is 3.31. The van der Waals surface area contributed by atoms with Gasteiger partial charge >= 0.3 is 0 Å². The first-order valence-electron chi connectivity index (χ1n) is 8.95. The highest BCUT2D eigenvalue weighted by atomic mass is 32.1. The topological polar surface area (TPSA) is 42.5 Å². The van der Waals surface area contributed by atoms with E-state index in [-0.39, 0.29) is 0 Å². The molecule has 0 unspecified atom stereocenters. The number of hydrogen-bond donors (Lipinski definition) is 2. The van der Waals surface area contributed by atoms with Gasteiger partial charge in [0.25, 0.3) is 0 Å². The van der Waals surface area contributed by atoms with E-state index in [0.29, 0.717) is 11.2 Å². The lowest BCUT2D eigenvalue weighted by molar-refractivity contribution is -0.00665. The van der Waals surface area contributed by atoms with Gasteiger partial charge in [0.05, 0.1) is 19.9 Å². The molecule has 0 amide bonds. The van der Waals surface area contributed by atoms with Crippen LogP contribution in [0.4, 0.5) is 5.69 Å². The molecule has 4 fully saturated rings. The van der Waals surface area contributed by atoms with Gasteiger partial charge in [-0.3, -0.25) is 0 Å². The second kappa shape index (κ2) is 6.43. The molecule has 1 aromatic rings. The maximum Gasteiger partial charge on any atom is 0.171 e. The van der Waals surface area contributed by atoms with Gasteiger partial charge in [0.2, 0.25) is 0 Å². The van der Waals surface area contributed by atoms with Crippen molar-refractivity contribution < 1.29 is 9.47 Å². The molecule has 1 aromatic carbocycles. The highest BCUT2D eigenvalue weighted by molar-refractivity contribution is 7.80. The van der Waals surface area contributed by atoms with Crippen LogP contribution in [0.5, 0.6) is 11.5 Å². The normalized spacial score (nSPS) is 33.2. The molecule has 0 saturated heterocycles. The Bertz CT molecular complexity index is 606. The largest absolute Gasteiger partial charge is 0.497 e. The molecule has 0 radical (unpaired) electrons. The lowest BCUT2D eigenvalue weighted by Gasteiger charge is -2.54. The van der Waals surface area contributed by atoms with Crippen LogP contribution in [-0.4, -0.2) is 25.4 Å². The summed E-state index contributed by atoms with van der Waals surface area (Å²) >= 11 is 5.60. The van der Waals surface area contributed by atoms with Crippen LogP contribution in [0, 0.1) is 23.7 Å². The maximum absolute atomic E-state index is 5.60. The van der Waals surface area contributed by atoms with E-state index in [1.165, 1.54) is 32.1 Å². The van der Waals surface area contributed by atoms with E-state index < -0.39 is 0 Å². The molecule has 0 atom stereocenters. The van der Waals surface area contributed by atoms with Gasteiger partial charge < -0.3 is 20.1 Å². The quantitative estimate of drug-likeness (QED) is 0.812. The summed E-state index contributed by atoms with van der Waals surface area (Å²) in [4.78, 5) is 0. The predicted molar refractivity (Wildman–Crippen MR) is 99.7 cm³/mol. The lowest BCUT2D eigenvalue weighted by Crippen LogP contribution is -2.56. The third kappa shape index (κ3) is 2.94. The van der Waals surface area contributed by atoms with Gasteiger partial charge in [-0.05, 0) is 80.1 Å². The first-order valence-corrected chi connectivity index (χ1v) is 9.36. The van der Waals surface area contributed by atoms with Crippen molar-refractivity contribution in [1.82, 2.24) is 5.32 Å². The number of nitrogens with one attached hydrogen (secondary N) is 2. The zero-order valence-corrected chi connectivity index (χ0v) is 15.2. The molecule has 4 aliphatic carbocycles. The van der Waals surface area contributed by atoms with Crippen molar-refractivity contribution >= 4 is 23.0 Å². The zero-order valence-electron chi connectivity index (χ0n) is 14.4.